The maximum absolute atomic E-state index is 12.9. The molecule has 138 valence electrons. The summed E-state index contributed by atoms with van der Waals surface area (Å²) in [6, 6.07) is 6.88. The highest BCUT2D eigenvalue weighted by atomic mass is 35.5. The van der Waals surface area contributed by atoms with E-state index >= 15 is 0 Å². The van der Waals surface area contributed by atoms with Crippen molar-refractivity contribution in [1.29, 1.82) is 0 Å². The molecule has 0 bridgehead atoms. The fraction of sp³-hybridized carbons (Fsp3) is 0.556. The average molecular weight is 386 g/mol. The van der Waals surface area contributed by atoms with Crippen LogP contribution in [0.15, 0.2) is 29.3 Å². The number of rotatable bonds is 5. The summed E-state index contributed by atoms with van der Waals surface area (Å²) in [4.78, 5) is 19.2. The van der Waals surface area contributed by atoms with Crippen LogP contribution in [0.25, 0.3) is 0 Å². The van der Waals surface area contributed by atoms with Crippen LogP contribution < -0.4 is 5.32 Å². The molecule has 0 spiro atoms. The van der Waals surface area contributed by atoms with Gasteiger partial charge in [0.15, 0.2) is 5.17 Å². The van der Waals surface area contributed by atoms with Gasteiger partial charge >= 0.3 is 0 Å². The topological polar surface area (TPSA) is 44.7 Å². The highest BCUT2D eigenvalue weighted by Gasteiger charge is 2.29. The van der Waals surface area contributed by atoms with Crippen molar-refractivity contribution in [2.24, 2.45) is 4.99 Å². The van der Waals surface area contributed by atoms with Crippen LogP contribution in [0.5, 0.6) is 0 Å². The minimum absolute atomic E-state index is 0. The minimum atomic E-state index is -0.260. The van der Waals surface area contributed by atoms with Gasteiger partial charge in [0, 0.05) is 31.8 Å². The Morgan fingerprint density at radius 1 is 1.32 bits per heavy atom. The van der Waals surface area contributed by atoms with E-state index in [1.807, 2.05) is 7.05 Å². The number of carbonyl (C=O) groups is 1. The molecule has 2 aliphatic rings. The number of carbonyl (C=O) groups excluding carboxylic acids is 1. The maximum atomic E-state index is 12.9. The summed E-state index contributed by atoms with van der Waals surface area (Å²) >= 11 is 1.76. The van der Waals surface area contributed by atoms with E-state index in [1.165, 1.54) is 37.8 Å². The Bertz CT molecular complexity index is 605. The summed E-state index contributed by atoms with van der Waals surface area (Å²) in [5, 5.41) is 4.00. The molecule has 0 radical (unpaired) electrons. The van der Waals surface area contributed by atoms with E-state index in [9.17, 15) is 9.18 Å². The van der Waals surface area contributed by atoms with Crippen LogP contribution in [0.3, 0.4) is 0 Å². The van der Waals surface area contributed by atoms with E-state index in [1.54, 1.807) is 23.9 Å². The first kappa shape index (κ1) is 20.0. The second kappa shape index (κ2) is 9.43. The van der Waals surface area contributed by atoms with Gasteiger partial charge in [0.2, 0.25) is 5.91 Å². The standard InChI is InChI=1S/C18H24FN3OS.ClH/c1-22-16(12-24-18(22)21-15-4-2-3-5-15)10-17(23)20-11-13-6-8-14(19)9-7-13;/h6-9,15-16H,2-5,10-12H2,1H3,(H,20,23);1H. The first-order chi connectivity index (χ1) is 11.6. The largest absolute Gasteiger partial charge is 0.352 e. The summed E-state index contributed by atoms with van der Waals surface area (Å²) in [5.41, 5.74) is 0.905. The van der Waals surface area contributed by atoms with Crippen LogP contribution in [0, 0.1) is 5.82 Å². The van der Waals surface area contributed by atoms with Gasteiger partial charge in [-0.25, -0.2) is 4.39 Å². The molecule has 3 rings (SSSR count). The summed E-state index contributed by atoms with van der Waals surface area (Å²) < 4.78 is 12.9. The first-order valence-corrected chi connectivity index (χ1v) is 9.55. The molecule has 25 heavy (non-hydrogen) atoms. The number of hydrogen-bond acceptors (Lipinski definition) is 3. The number of hydrogen-bond donors (Lipinski definition) is 1. The van der Waals surface area contributed by atoms with Crippen LogP contribution in [0.2, 0.25) is 0 Å². The monoisotopic (exact) mass is 385 g/mol. The Kier molecular flexibility index (Phi) is 7.56. The fourth-order valence-corrected chi connectivity index (χ4v) is 4.40. The van der Waals surface area contributed by atoms with Gasteiger partial charge in [-0.15, -0.1) is 12.4 Å². The molecule has 1 saturated heterocycles. The third-order valence-electron chi connectivity index (χ3n) is 4.70. The molecular formula is C18H25ClFN3OS. The lowest BCUT2D eigenvalue weighted by atomic mass is 10.2. The lowest BCUT2D eigenvalue weighted by Crippen LogP contribution is -2.36. The quantitative estimate of drug-likeness (QED) is 0.842. The van der Waals surface area contributed by atoms with E-state index in [2.05, 4.69) is 10.2 Å². The van der Waals surface area contributed by atoms with Crippen molar-refractivity contribution in [2.75, 3.05) is 12.8 Å². The Labute approximate surface area is 159 Å². The molecule has 7 heteroatoms. The van der Waals surface area contributed by atoms with Gasteiger partial charge < -0.3 is 10.2 Å². The Morgan fingerprint density at radius 2 is 2.00 bits per heavy atom. The summed E-state index contributed by atoms with van der Waals surface area (Å²) in [5.74, 6) is 0.675. The predicted octanol–water partition coefficient (Wildman–Crippen LogP) is 3.60. The molecule has 0 aromatic heterocycles. The maximum Gasteiger partial charge on any atom is 0.222 e. The molecule has 1 aliphatic carbocycles. The molecular weight excluding hydrogens is 361 g/mol. The Morgan fingerprint density at radius 3 is 2.68 bits per heavy atom. The molecule has 1 N–H and O–H groups in total. The molecule has 1 unspecified atom stereocenters. The van der Waals surface area contributed by atoms with Crippen LogP contribution in [-0.4, -0.2) is 40.9 Å². The minimum Gasteiger partial charge on any atom is -0.352 e. The second-order valence-corrected chi connectivity index (χ2v) is 7.52. The zero-order chi connectivity index (χ0) is 16.9. The summed E-state index contributed by atoms with van der Waals surface area (Å²) in [6.07, 6.45) is 5.42. The van der Waals surface area contributed by atoms with Crippen molar-refractivity contribution < 1.29 is 9.18 Å². The highest BCUT2D eigenvalue weighted by molar-refractivity contribution is 8.14. The fourth-order valence-electron chi connectivity index (χ4n) is 3.14. The molecule has 1 amide bonds. The van der Waals surface area contributed by atoms with E-state index in [-0.39, 0.29) is 30.2 Å². The van der Waals surface area contributed by atoms with Crippen molar-refractivity contribution in [3.05, 3.63) is 35.6 Å². The van der Waals surface area contributed by atoms with Crippen LogP contribution in [-0.2, 0) is 11.3 Å². The Hall–Kier alpha value is -1.27. The number of aliphatic imine (C=N–C) groups is 1. The van der Waals surface area contributed by atoms with Crippen molar-refractivity contribution in [3.8, 4) is 0 Å². The smallest absolute Gasteiger partial charge is 0.222 e. The van der Waals surface area contributed by atoms with Gasteiger partial charge in [-0.3, -0.25) is 9.79 Å². The van der Waals surface area contributed by atoms with E-state index in [0.717, 1.165) is 16.5 Å². The van der Waals surface area contributed by atoms with Gasteiger partial charge in [0.1, 0.15) is 5.82 Å². The number of amidine groups is 1. The number of thioether (sulfide) groups is 1. The van der Waals surface area contributed by atoms with Gasteiger partial charge in [-0.05, 0) is 30.5 Å². The first-order valence-electron chi connectivity index (χ1n) is 8.56. The number of amides is 1. The van der Waals surface area contributed by atoms with E-state index in [4.69, 9.17) is 4.99 Å². The van der Waals surface area contributed by atoms with Gasteiger partial charge in [0.25, 0.3) is 0 Å². The number of halogens is 2. The summed E-state index contributed by atoms with van der Waals surface area (Å²) in [7, 11) is 2.03. The molecule has 1 heterocycles. The predicted molar refractivity (Wildman–Crippen MR) is 104 cm³/mol. The van der Waals surface area contributed by atoms with Crippen LogP contribution in [0.1, 0.15) is 37.7 Å². The highest BCUT2D eigenvalue weighted by Crippen LogP contribution is 2.28. The van der Waals surface area contributed by atoms with E-state index < -0.39 is 0 Å². The number of nitrogens with zero attached hydrogens (tertiary/aromatic N) is 2. The normalized spacial score (nSPS) is 22.2. The third kappa shape index (κ3) is 5.61. The van der Waals surface area contributed by atoms with Crippen molar-refractivity contribution in [1.82, 2.24) is 10.2 Å². The zero-order valence-electron chi connectivity index (χ0n) is 14.4. The second-order valence-electron chi connectivity index (χ2n) is 6.53. The van der Waals surface area contributed by atoms with Crippen molar-refractivity contribution >= 4 is 35.2 Å². The lowest BCUT2D eigenvalue weighted by molar-refractivity contribution is -0.121. The lowest BCUT2D eigenvalue weighted by Gasteiger charge is -2.21. The van der Waals surface area contributed by atoms with Gasteiger partial charge in [-0.1, -0.05) is 36.7 Å². The molecule has 1 aliphatic heterocycles. The zero-order valence-corrected chi connectivity index (χ0v) is 16.0. The van der Waals surface area contributed by atoms with Crippen LogP contribution in [0.4, 0.5) is 4.39 Å². The molecule has 1 saturated carbocycles. The molecule has 1 atom stereocenters. The van der Waals surface area contributed by atoms with E-state index in [0.29, 0.717) is 19.0 Å². The van der Waals surface area contributed by atoms with Gasteiger partial charge in [-0.2, -0.15) is 0 Å². The SMILES string of the molecule is CN1C(=NC2CCCC2)SCC1CC(=O)NCc1ccc(F)cc1.Cl. The summed E-state index contributed by atoms with van der Waals surface area (Å²) in [6.45, 7) is 0.436. The molecule has 1 aromatic carbocycles. The van der Waals surface area contributed by atoms with Crippen LogP contribution >= 0.6 is 24.2 Å². The molecule has 4 nitrogen and oxygen atoms in total. The van der Waals surface area contributed by atoms with Gasteiger partial charge in [0.05, 0.1) is 6.04 Å². The third-order valence-corrected chi connectivity index (χ3v) is 5.90. The Balaban J connectivity index is 0.00000225. The number of benzene rings is 1. The number of nitrogens with one attached hydrogen (secondary N) is 1. The average Bonchev–Trinajstić information content (AvgIpc) is 3.20. The van der Waals surface area contributed by atoms with Crippen molar-refractivity contribution in [3.63, 3.8) is 0 Å². The van der Waals surface area contributed by atoms with Crippen molar-refractivity contribution in [2.45, 2.75) is 50.7 Å². The molecule has 1 aromatic rings. The molecule has 2 fully saturated rings.